The van der Waals surface area contributed by atoms with Crippen molar-refractivity contribution in [2.75, 3.05) is 5.75 Å². The lowest BCUT2D eigenvalue weighted by Crippen LogP contribution is -2.50. The van der Waals surface area contributed by atoms with E-state index in [2.05, 4.69) is 95.1 Å². The normalized spacial score (nSPS) is 39.5. The van der Waals surface area contributed by atoms with Gasteiger partial charge >= 0.3 is 0 Å². The van der Waals surface area contributed by atoms with Crippen molar-refractivity contribution in [1.82, 2.24) is 5.32 Å². The molecule has 2 aromatic rings. The van der Waals surface area contributed by atoms with Gasteiger partial charge in [-0.3, -0.25) is 0 Å². The molecule has 0 unspecified atom stereocenters. The van der Waals surface area contributed by atoms with Gasteiger partial charge in [0.05, 0.1) is 5.56 Å². The number of allylic oxidation sites excluding steroid dienone is 2. The molecule has 2 saturated carbocycles. The maximum atomic E-state index is 11.5. The van der Waals surface area contributed by atoms with E-state index in [0.717, 1.165) is 60.3 Å². The first-order chi connectivity index (χ1) is 21.4. The molecule has 2 aromatic carbocycles. The van der Waals surface area contributed by atoms with Gasteiger partial charge in [-0.2, -0.15) is 0 Å². The molecule has 2 N–H and O–H groups in total. The van der Waals surface area contributed by atoms with Gasteiger partial charge < -0.3 is 10.4 Å². The molecule has 1 spiro atoms. The number of hydrogen-bond acceptors (Lipinski definition) is 4. The van der Waals surface area contributed by atoms with Crippen LogP contribution in [0, 0.1) is 52.8 Å². The van der Waals surface area contributed by atoms with Crippen LogP contribution in [0.2, 0.25) is 0 Å². The Hall–Kier alpha value is -1.80. The predicted molar refractivity (Wildman–Crippen MR) is 187 cm³/mol. The SMILES string of the molecule is C[C@H]1CC=C[C@]2(C1)C[C@H]1CC#Cc3c(O)cc4cc3C[C@H]3C[C@H](C[C@@H]2[C@@H]3C1)[C@H]1CC[C@](C)(CSS1)NCc1ccccc1C4. The van der Waals surface area contributed by atoms with E-state index in [0.29, 0.717) is 23.0 Å². The average Bonchev–Trinajstić information content (AvgIpc) is 3.20. The summed E-state index contributed by atoms with van der Waals surface area (Å²) in [5.74, 6) is 13.1. The molecule has 2 heterocycles. The molecule has 4 heteroatoms. The molecule has 9 atom stereocenters. The smallest absolute Gasteiger partial charge is 0.131 e. The summed E-state index contributed by atoms with van der Waals surface area (Å²) < 4.78 is 0. The van der Waals surface area contributed by atoms with Gasteiger partial charge in [-0.25, -0.2) is 0 Å². The minimum atomic E-state index is 0.150. The Morgan fingerprint density at radius 2 is 1.91 bits per heavy atom. The van der Waals surface area contributed by atoms with Crippen LogP contribution in [-0.2, 0) is 19.4 Å². The third-order valence-electron chi connectivity index (χ3n) is 12.7. The third kappa shape index (κ3) is 5.58. The van der Waals surface area contributed by atoms with Gasteiger partial charge in [0.25, 0.3) is 0 Å². The highest BCUT2D eigenvalue weighted by Crippen LogP contribution is 2.62. The highest BCUT2D eigenvalue weighted by molar-refractivity contribution is 8.77. The summed E-state index contributed by atoms with van der Waals surface area (Å²) in [7, 11) is 4.37. The summed E-state index contributed by atoms with van der Waals surface area (Å²) in [6, 6.07) is 13.4. The molecule has 4 aliphatic carbocycles. The van der Waals surface area contributed by atoms with E-state index >= 15 is 0 Å². The summed E-state index contributed by atoms with van der Waals surface area (Å²) >= 11 is 0. The Kier molecular flexibility index (Phi) is 7.92. The summed E-state index contributed by atoms with van der Waals surface area (Å²) in [4.78, 5) is 0. The average molecular weight is 624 g/mol. The van der Waals surface area contributed by atoms with E-state index in [-0.39, 0.29) is 5.54 Å². The quantitative estimate of drug-likeness (QED) is 0.174. The van der Waals surface area contributed by atoms with E-state index in [4.69, 9.17) is 0 Å². The van der Waals surface area contributed by atoms with Crippen LogP contribution < -0.4 is 5.32 Å². The zero-order valence-corrected chi connectivity index (χ0v) is 28.2. The van der Waals surface area contributed by atoms with Crippen molar-refractivity contribution < 1.29 is 5.11 Å². The van der Waals surface area contributed by atoms with Gasteiger partial charge in [0.15, 0.2) is 0 Å². The first-order valence-electron chi connectivity index (χ1n) is 17.5. The summed E-state index contributed by atoms with van der Waals surface area (Å²) in [5.41, 5.74) is 6.69. The van der Waals surface area contributed by atoms with Gasteiger partial charge in [-0.1, -0.05) is 82.8 Å². The van der Waals surface area contributed by atoms with Crippen molar-refractivity contribution in [1.29, 1.82) is 0 Å². The molecule has 1 saturated heterocycles. The molecular formula is C40H49NOS2. The highest BCUT2D eigenvalue weighted by atomic mass is 33.1. The monoisotopic (exact) mass is 623 g/mol. The molecular weight excluding hydrogens is 575 g/mol. The van der Waals surface area contributed by atoms with Crippen LogP contribution in [0.4, 0.5) is 0 Å². The van der Waals surface area contributed by atoms with Crippen molar-refractivity contribution in [3.8, 4) is 17.6 Å². The van der Waals surface area contributed by atoms with Crippen LogP contribution in [-0.4, -0.2) is 21.6 Å². The van der Waals surface area contributed by atoms with Crippen LogP contribution >= 0.6 is 21.6 Å². The number of rotatable bonds is 0. The van der Waals surface area contributed by atoms with Crippen LogP contribution in [0.5, 0.6) is 5.75 Å². The number of phenolic OH excluding ortho intramolecular Hbond substituents is 1. The predicted octanol–water partition coefficient (Wildman–Crippen LogP) is 9.33. The third-order valence-corrected chi connectivity index (χ3v) is 15.9. The largest absolute Gasteiger partial charge is 0.507 e. The molecule has 0 aromatic heterocycles. The standard InChI is InChI=1S/C40H49NOS2/c1-26-7-6-13-40(22-26)23-27-8-5-11-34-31-16-28(18-37(34)42)15-29-9-3-4-10-30(29)24-41-39(2)14-12-38(44-43-25-39)33-20-32(19-31)35(17-27)36(40)21-33/h3-4,6,9-10,13,16,18,26-27,32-33,35-36,38,41-42H,7-8,12,14-15,17,19-25H2,1-2H3/t26-,27-,32-,33+,35+,36+,38+,39+,40-/m0/s1. The zero-order chi connectivity index (χ0) is 29.9. The van der Waals surface area contributed by atoms with Crippen molar-refractivity contribution >= 4 is 21.6 Å². The zero-order valence-electron chi connectivity index (χ0n) is 26.6. The van der Waals surface area contributed by atoms with Crippen LogP contribution in [0.1, 0.15) is 99.5 Å². The van der Waals surface area contributed by atoms with E-state index in [1.54, 1.807) is 0 Å². The van der Waals surface area contributed by atoms with Crippen molar-refractivity contribution in [3.05, 3.63) is 76.4 Å². The maximum absolute atomic E-state index is 11.5. The molecule has 2 aliphatic heterocycles. The highest BCUT2D eigenvalue weighted by Gasteiger charge is 2.54. The summed E-state index contributed by atoms with van der Waals surface area (Å²) in [6.45, 7) is 5.87. The van der Waals surface area contributed by atoms with Crippen LogP contribution in [0.25, 0.3) is 0 Å². The van der Waals surface area contributed by atoms with Crippen molar-refractivity contribution in [3.63, 3.8) is 0 Å². The van der Waals surface area contributed by atoms with E-state index < -0.39 is 0 Å². The Morgan fingerprint density at radius 1 is 1.02 bits per heavy atom. The molecule has 6 aliphatic rings. The fourth-order valence-corrected chi connectivity index (χ4v) is 14.2. The molecule has 8 bridgehead atoms. The van der Waals surface area contributed by atoms with Crippen LogP contribution in [0.15, 0.2) is 48.6 Å². The van der Waals surface area contributed by atoms with Crippen molar-refractivity contribution in [2.24, 2.45) is 40.9 Å². The van der Waals surface area contributed by atoms with Gasteiger partial charge in [0, 0.05) is 29.5 Å². The van der Waals surface area contributed by atoms with Gasteiger partial charge in [-0.05, 0) is 140 Å². The second-order valence-electron chi connectivity index (χ2n) is 15.9. The van der Waals surface area contributed by atoms with Crippen molar-refractivity contribution in [2.45, 2.75) is 102 Å². The number of phenols is 1. The Morgan fingerprint density at radius 3 is 2.80 bits per heavy atom. The lowest BCUT2D eigenvalue weighted by molar-refractivity contribution is -0.0491. The second kappa shape index (κ2) is 11.8. The van der Waals surface area contributed by atoms with Crippen LogP contribution in [0.3, 0.4) is 0 Å². The summed E-state index contributed by atoms with van der Waals surface area (Å²) in [6.07, 6.45) is 18.8. The van der Waals surface area contributed by atoms with E-state index in [1.807, 2.05) is 6.07 Å². The number of aromatic hydroxyl groups is 1. The molecule has 2 nitrogen and oxygen atoms in total. The number of hydrogen-bond donors (Lipinski definition) is 2. The first kappa shape index (κ1) is 29.6. The molecule has 44 heavy (non-hydrogen) atoms. The van der Waals surface area contributed by atoms with E-state index in [9.17, 15) is 5.11 Å². The summed E-state index contributed by atoms with van der Waals surface area (Å²) in [5, 5.41) is 16.3. The maximum Gasteiger partial charge on any atom is 0.131 e. The first-order valence-corrected chi connectivity index (χ1v) is 19.9. The number of benzene rings is 2. The molecule has 0 radical (unpaired) electrons. The second-order valence-corrected chi connectivity index (χ2v) is 18.5. The number of fused-ring (bicyclic) bond motifs is 9. The minimum Gasteiger partial charge on any atom is -0.507 e. The van der Waals surface area contributed by atoms with Gasteiger partial charge in [0.1, 0.15) is 5.75 Å². The Bertz CT molecular complexity index is 1500. The minimum absolute atomic E-state index is 0.150. The Balaban J connectivity index is 1.27. The Labute approximate surface area is 273 Å². The topological polar surface area (TPSA) is 32.3 Å². The van der Waals surface area contributed by atoms with E-state index in [1.165, 1.54) is 79.4 Å². The molecule has 232 valence electrons. The lowest BCUT2D eigenvalue weighted by atomic mass is 9.47. The number of nitrogens with one attached hydrogen (secondary N) is 1. The fourth-order valence-electron chi connectivity index (χ4n) is 10.6. The van der Waals surface area contributed by atoms with Gasteiger partial charge in [0.2, 0.25) is 0 Å². The lowest BCUT2D eigenvalue weighted by Gasteiger charge is -2.58. The molecule has 3 fully saturated rings. The molecule has 0 amide bonds. The fraction of sp³-hybridized carbons (Fsp3) is 0.600. The molecule has 8 rings (SSSR count). The van der Waals surface area contributed by atoms with Gasteiger partial charge in [-0.15, -0.1) is 0 Å².